The Balaban J connectivity index is 0. The van der Waals surface area contributed by atoms with Crippen LogP contribution >= 0.6 is 7.26 Å². The molecule has 0 aliphatic carbocycles. The van der Waals surface area contributed by atoms with Crippen molar-refractivity contribution < 1.29 is 26.5 Å². The summed E-state index contributed by atoms with van der Waals surface area (Å²) in [5, 5.41) is 0. The maximum Gasteiger partial charge on any atom is 0.346 e. The van der Waals surface area contributed by atoms with Crippen molar-refractivity contribution in [3.8, 4) is 0 Å². The topological polar surface area (TPSA) is 26.3 Å². The number of ether oxygens (including phenoxy) is 1. The molecule has 0 aromatic heterocycles. The van der Waals surface area contributed by atoms with Crippen molar-refractivity contribution in [2.45, 2.75) is 19.5 Å². The summed E-state index contributed by atoms with van der Waals surface area (Å²) in [6.07, 6.45) is 0. The fourth-order valence-corrected chi connectivity index (χ4v) is 1.29. The molecule has 4 heteroatoms. The van der Waals surface area contributed by atoms with E-state index >= 15 is 0 Å². The van der Waals surface area contributed by atoms with Crippen molar-refractivity contribution >= 4 is 13.2 Å². The average Bonchev–Trinajstić information content (AvgIpc) is 1.85. The highest BCUT2D eigenvalue weighted by atomic mass is 79.9. The van der Waals surface area contributed by atoms with Crippen molar-refractivity contribution in [3.63, 3.8) is 0 Å². The van der Waals surface area contributed by atoms with Gasteiger partial charge in [-0.2, -0.15) is 0 Å². The number of rotatable bonds is 3. The van der Waals surface area contributed by atoms with Crippen LogP contribution < -0.4 is 17.0 Å². The molecule has 1 atom stereocenters. The summed E-state index contributed by atoms with van der Waals surface area (Å²) in [6, 6.07) is 0. The molecule has 0 aliphatic heterocycles. The molecule has 0 spiro atoms. The number of hydrogen-bond donors (Lipinski definition) is 0. The Morgan fingerprint density at radius 3 is 2.08 bits per heavy atom. The molecule has 0 aliphatic rings. The van der Waals surface area contributed by atoms with Gasteiger partial charge in [-0.1, -0.05) is 0 Å². The van der Waals surface area contributed by atoms with Gasteiger partial charge in [-0.3, -0.25) is 0 Å². The first kappa shape index (κ1) is 14.9. The summed E-state index contributed by atoms with van der Waals surface area (Å²) in [7, 11) is -1.07. The van der Waals surface area contributed by atoms with Crippen LogP contribution in [-0.4, -0.2) is 38.2 Å². The zero-order chi connectivity index (χ0) is 9.07. The van der Waals surface area contributed by atoms with Crippen LogP contribution in [0.3, 0.4) is 0 Å². The van der Waals surface area contributed by atoms with Crippen LogP contribution in [-0.2, 0) is 9.53 Å². The molecule has 0 radical (unpaired) electrons. The summed E-state index contributed by atoms with van der Waals surface area (Å²) < 4.78 is 4.92. The van der Waals surface area contributed by atoms with E-state index in [0.29, 0.717) is 6.61 Å². The Morgan fingerprint density at radius 2 is 1.83 bits per heavy atom. The molecule has 0 rings (SSSR count). The lowest BCUT2D eigenvalue weighted by atomic mass is 10.5. The predicted octanol–water partition coefficient (Wildman–Crippen LogP) is -1.15. The van der Waals surface area contributed by atoms with Crippen molar-refractivity contribution in [1.82, 2.24) is 0 Å². The quantitative estimate of drug-likeness (QED) is 0.471. The van der Waals surface area contributed by atoms with Crippen molar-refractivity contribution in [3.05, 3.63) is 0 Å². The molecule has 0 fully saturated rings. The second-order valence-corrected chi connectivity index (χ2v) is 8.55. The largest absolute Gasteiger partial charge is 1.00 e. The number of halogens is 1. The first-order chi connectivity index (χ1) is 4.89. The molecule has 1 unspecified atom stereocenters. The summed E-state index contributed by atoms with van der Waals surface area (Å²) >= 11 is 0. The van der Waals surface area contributed by atoms with E-state index in [0.717, 1.165) is 0 Å². The zero-order valence-corrected chi connectivity index (χ0v) is 10.9. The monoisotopic (exact) mass is 256 g/mol. The van der Waals surface area contributed by atoms with Gasteiger partial charge in [0.05, 0.1) is 6.61 Å². The third-order valence-corrected chi connectivity index (χ3v) is 4.32. The molecular formula is C8H18BrO2P. The summed E-state index contributed by atoms with van der Waals surface area (Å²) in [6.45, 7) is 10.7. The fraction of sp³-hybridized carbons (Fsp3) is 0.875. The van der Waals surface area contributed by atoms with Crippen LogP contribution in [0.4, 0.5) is 0 Å². The van der Waals surface area contributed by atoms with Crippen LogP contribution in [0, 0.1) is 0 Å². The maximum atomic E-state index is 11.2. The normalized spacial score (nSPS) is 13.1. The minimum absolute atomic E-state index is 0. The standard InChI is InChI=1S/C8H18O2P.BrH/c1-6-10-8(9)7(2)11(3,4)5;/h7H,6H2,1-5H3;1H/q+1;/p-1. The van der Waals surface area contributed by atoms with Gasteiger partial charge in [0.1, 0.15) is 0 Å². The molecule has 2 nitrogen and oxygen atoms in total. The predicted molar refractivity (Wildman–Crippen MR) is 50.8 cm³/mol. The van der Waals surface area contributed by atoms with Gasteiger partial charge in [0, 0.05) is 27.3 Å². The number of hydrogen-bond acceptors (Lipinski definition) is 2. The molecule has 74 valence electrons. The Bertz CT molecular complexity index is 142. The minimum Gasteiger partial charge on any atom is -1.00 e. The molecule has 12 heavy (non-hydrogen) atoms. The lowest BCUT2D eigenvalue weighted by Gasteiger charge is -2.18. The van der Waals surface area contributed by atoms with E-state index in [1.54, 1.807) is 0 Å². The lowest BCUT2D eigenvalue weighted by molar-refractivity contribution is -0.142. The molecular weight excluding hydrogens is 239 g/mol. The van der Waals surface area contributed by atoms with Crippen LogP contribution in [0.25, 0.3) is 0 Å². The molecule has 0 saturated heterocycles. The third kappa shape index (κ3) is 5.10. The third-order valence-electron chi connectivity index (χ3n) is 1.79. The van der Waals surface area contributed by atoms with Crippen LogP contribution in [0.15, 0.2) is 0 Å². The van der Waals surface area contributed by atoms with Gasteiger partial charge in [-0.15, -0.1) is 0 Å². The highest BCUT2D eigenvalue weighted by Crippen LogP contribution is 2.52. The van der Waals surface area contributed by atoms with Gasteiger partial charge in [0.15, 0.2) is 5.66 Å². The summed E-state index contributed by atoms with van der Waals surface area (Å²) in [5.74, 6) is -0.0478. The van der Waals surface area contributed by atoms with E-state index in [1.807, 2.05) is 13.8 Å². The Hall–Kier alpha value is 0.380. The smallest absolute Gasteiger partial charge is 0.346 e. The highest BCUT2D eigenvalue weighted by Gasteiger charge is 2.34. The van der Waals surface area contributed by atoms with E-state index in [9.17, 15) is 4.79 Å². The van der Waals surface area contributed by atoms with Crippen molar-refractivity contribution in [1.29, 1.82) is 0 Å². The molecule has 0 saturated carbocycles. The Kier molecular flexibility index (Phi) is 7.35. The van der Waals surface area contributed by atoms with Crippen molar-refractivity contribution in [2.24, 2.45) is 0 Å². The van der Waals surface area contributed by atoms with E-state index in [4.69, 9.17) is 4.74 Å². The van der Waals surface area contributed by atoms with Gasteiger partial charge in [0.25, 0.3) is 0 Å². The fourth-order valence-electron chi connectivity index (χ4n) is 0.579. The molecule has 0 aromatic rings. The molecule has 0 bridgehead atoms. The first-order valence-electron chi connectivity index (χ1n) is 3.87. The second-order valence-electron chi connectivity index (χ2n) is 3.54. The number of esters is 1. The van der Waals surface area contributed by atoms with Crippen molar-refractivity contribution in [2.75, 3.05) is 26.6 Å². The first-order valence-corrected chi connectivity index (χ1v) is 7.07. The highest BCUT2D eigenvalue weighted by molar-refractivity contribution is 7.75. The van der Waals surface area contributed by atoms with E-state index in [2.05, 4.69) is 20.0 Å². The van der Waals surface area contributed by atoms with Gasteiger partial charge in [-0.05, 0) is 13.8 Å². The number of carbonyl (C=O) groups excluding carboxylic acids is 1. The molecule has 0 aromatic carbocycles. The van der Waals surface area contributed by atoms with Gasteiger partial charge in [-0.25, -0.2) is 4.79 Å². The van der Waals surface area contributed by atoms with Gasteiger partial charge in [0.2, 0.25) is 0 Å². The average molecular weight is 257 g/mol. The summed E-state index contributed by atoms with van der Waals surface area (Å²) in [5.41, 5.74) is 0.0856. The molecule has 0 heterocycles. The van der Waals surface area contributed by atoms with E-state index in [1.165, 1.54) is 0 Å². The second kappa shape index (κ2) is 5.93. The maximum absolute atomic E-state index is 11.2. The zero-order valence-electron chi connectivity index (χ0n) is 8.43. The van der Waals surface area contributed by atoms with Crippen LogP contribution in [0.1, 0.15) is 13.8 Å². The van der Waals surface area contributed by atoms with Gasteiger partial charge < -0.3 is 21.7 Å². The van der Waals surface area contributed by atoms with E-state index < -0.39 is 7.26 Å². The van der Waals surface area contributed by atoms with E-state index in [-0.39, 0.29) is 28.6 Å². The van der Waals surface area contributed by atoms with Crippen LogP contribution in [0.5, 0.6) is 0 Å². The minimum atomic E-state index is -1.07. The summed E-state index contributed by atoms with van der Waals surface area (Å²) in [4.78, 5) is 11.2. The SMILES string of the molecule is CCOC(=O)C(C)[P+](C)(C)C.[Br-]. The van der Waals surface area contributed by atoms with Crippen LogP contribution in [0.2, 0.25) is 0 Å². The molecule has 0 amide bonds. The Morgan fingerprint density at radius 1 is 1.42 bits per heavy atom. The van der Waals surface area contributed by atoms with Gasteiger partial charge >= 0.3 is 5.97 Å². The number of carbonyl (C=O) groups is 1. The Labute approximate surface area is 86.2 Å². The molecule has 0 N–H and O–H groups in total. The lowest BCUT2D eigenvalue weighted by Crippen LogP contribution is -3.00.